The van der Waals surface area contributed by atoms with Gasteiger partial charge in [0.15, 0.2) is 5.82 Å². The Labute approximate surface area is 111 Å². The van der Waals surface area contributed by atoms with Crippen LogP contribution in [0.25, 0.3) is 0 Å². The third-order valence-corrected chi connectivity index (χ3v) is 2.90. The summed E-state index contributed by atoms with van der Waals surface area (Å²) in [6.45, 7) is 2.04. The molecule has 0 radical (unpaired) electrons. The van der Waals surface area contributed by atoms with Gasteiger partial charge in [-0.1, -0.05) is 30.4 Å². The van der Waals surface area contributed by atoms with Crippen LogP contribution in [0.3, 0.4) is 0 Å². The standard InChI is InChI=1S/C13H14N4S/c1-9-5-3-4-6-10(9)17(2)13-11(12(14)18)15-7-8-16-13/h3-8H,1-2H3,(H2,14,18). The van der Waals surface area contributed by atoms with Crippen LogP contribution in [0.15, 0.2) is 36.7 Å². The smallest absolute Gasteiger partial charge is 0.161 e. The Kier molecular flexibility index (Phi) is 3.53. The van der Waals surface area contributed by atoms with Gasteiger partial charge < -0.3 is 10.6 Å². The minimum atomic E-state index is 0.249. The van der Waals surface area contributed by atoms with Gasteiger partial charge in [-0.15, -0.1) is 0 Å². The van der Waals surface area contributed by atoms with E-state index in [9.17, 15) is 0 Å². The highest BCUT2D eigenvalue weighted by Gasteiger charge is 2.14. The molecule has 0 bridgehead atoms. The Morgan fingerprint density at radius 3 is 2.56 bits per heavy atom. The van der Waals surface area contributed by atoms with Crippen LogP contribution >= 0.6 is 12.2 Å². The van der Waals surface area contributed by atoms with Crippen molar-refractivity contribution in [2.75, 3.05) is 11.9 Å². The van der Waals surface area contributed by atoms with Crippen molar-refractivity contribution in [1.82, 2.24) is 9.97 Å². The number of aromatic nitrogens is 2. The number of benzene rings is 1. The zero-order valence-electron chi connectivity index (χ0n) is 10.3. The molecule has 0 aliphatic carbocycles. The number of anilines is 2. The van der Waals surface area contributed by atoms with Gasteiger partial charge in [0.1, 0.15) is 10.7 Å². The normalized spacial score (nSPS) is 10.1. The van der Waals surface area contributed by atoms with Gasteiger partial charge >= 0.3 is 0 Å². The summed E-state index contributed by atoms with van der Waals surface area (Å²) in [4.78, 5) is 10.7. The van der Waals surface area contributed by atoms with Crippen LogP contribution in [0, 0.1) is 6.92 Å². The molecule has 0 atom stereocenters. The van der Waals surface area contributed by atoms with E-state index in [2.05, 4.69) is 9.97 Å². The number of nitrogens with zero attached hydrogens (tertiary/aromatic N) is 3. The van der Waals surface area contributed by atoms with Crippen molar-refractivity contribution in [3.63, 3.8) is 0 Å². The first-order valence-corrected chi connectivity index (χ1v) is 5.92. The first-order valence-electron chi connectivity index (χ1n) is 5.51. The van der Waals surface area contributed by atoms with Crippen molar-refractivity contribution in [2.24, 2.45) is 5.73 Å². The number of hydrogen-bond donors (Lipinski definition) is 1. The summed E-state index contributed by atoms with van der Waals surface area (Å²) >= 11 is 5.00. The van der Waals surface area contributed by atoms with Crippen LogP contribution in [-0.2, 0) is 0 Å². The summed E-state index contributed by atoms with van der Waals surface area (Å²) in [6.07, 6.45) is 3.22. The fraction of sp³-hybridized carbons (Fsp3) is 0.154. The lowest BCUT2D eigenvalue weighted by atomic mass is 10.2. The molecule has 2 rings (SSSR count). The lowest BCUT2D eigenvalue weighted by Crippen LogP contribution is -2.21. The predicted octanol–water partition coefficient (Wildman–Crippen LogP) is 2.19. The largest absolute Gasteiger partial charge is 0.388 e. The topological polar surface area (TPSA) is 55.0 Å². The molecule has 2 aromatic rings. The molecule has 1 aromatic heterocycles. The molecule has 0 spiro atoms. The van der Waals surface area contributed by atoms with Gasteiger partial charge in [-0.05, 0) is 18.6 Å². The summed E-state index contributed by atoms with van der Waals surface area (Å²) in [6, 6.07) is 8.05. The number of hydrogen-bond acceptors (Lipinski definition) is 4. The van der Waals surface area contributed by atoms with Gasteiger partial charge in [-0.2, -0.15) is 0 Å². The molecular formula is C13H14N4S. The lowest BCUT2D eigenvalue weighted by molar-refractivity contribution is 1.07. The molecular weight excluding hydrogens is 244 g/mol. The van der Waals surface area contributed by atoms with Crippen LogP contribution < -0.4 is 10.6 Å². The fourth-order valence-electron chi connectivity index (χ4n) is 1.80. The molecule has 92 valence electrons. The quantitative estimate of drug-likeness (QED) is 0.855. The fourth-order valence-corrected chi connectivity index (χ4v) is 1.95. The van der Waals surface area contributed by atoms with Gasteiger partial charge in [0.25, 0.3) is 0 Å². The Hall–Kier alpha value is -2.01. The summed E-state index contributed by atoms with van der Waals surface area (Å²) in [5.74, 6) is 0.666. The van der Waals surface area contributed by atoms with E-state index in [1.54, 1.807) is 12.4 Å². The monoisotopic (exact) mass is 258 g/mol. The molecule has 0 saturated carbocycles. The zero-order valence-corrected chi connectivity index (χ0v) is 11.1. The Morgan fingerprint density at radius 1 is 1.22 bits per heavy atom. The van der Waals surface area contributed by atoms with Crippen molar-refractivity contribution >= 4 is 28.7 Å². The van der Waals surface area contributed by atoms with Gasteiger partial charge in [0.2, 0.25) is 0 Å². The lowest BCUT2D eigenvalue weighted by Gasteiger charge is -2.21. The number of thiocarbonyl (C=S) groups is 1. The third kappa shape index (κ3) is 2.31. The third-order valence-electron chi connectivity index (χ3n) is 2.71. The van der Waals surface area contributed by atoms with Crippen LogP contribution in [0.5, 0.6) is 0 Å². The highest BCUT2D eigenvalue weighted by atomic mass is 32.1. The number of aryl methyl sites for hydroxylation is 1. The first kappa shape index (κ1) is 12.4. The highest BCUT2D eigenvalue weighted by molar-refractivity contribution is 7.80. The van der Waals surface area contributed by atoms with E-state index in [1.807, 2.05) is 43.1 Å². The van der Waals surface area contributed by atoms with Gasteiger partial charge in [-0.25, -0.2) is 9.97 Å². The molecule has 0 fully saturated rings. The first-order chi connectivity index (χ1) is 8.61. The summed E-state index contributed by atoms with van der Waals surface area (Å²) in [5, 5.41) is 0. The average molecular weight is 258 g/mol. The van der Waals surface area contributed by atoms with Crippen molar-refractivity contribution < 1.29 is 0 Å². The molecule has 4 nitrogen and oxygen atoms in total. The molecule has 1 aromatic carbocycles. The van der Waals surface area contributed by atoms with Gasteiger partial charge in [-0.3, -0.25) is 0 Å². The van der Waals surface area contributed by atoms with Gasteiger partial charge in [0, 0.05) is 25.1 Å². The number of para-hydroxylation sites is 1. The average Bonchev–Trinajstić information content (AvgIpc) is 2.38. The van der Waals surface area contributed by atoms with E-state index in [0.717, 1.165) is 11.3 Å². The van der Waals surface area contributed by atoms with Crippen LogP contribution in [0.2, 0.25) is 0 Å². The van der Waals surface area contributed by atoms with Crippen LogP contribution in [0.1, 0.15) is 11.3 Å². The second kappa shape index (κ2) is 5.10. The Morgan fingerprint density at radius 2 is 1.89 bits per heavy atom. The molecule has 18 heavy (non-hydrogen) atoms. The minimum absolute atomic E-state index is 0.249. The molecule has 0 aliphatic rings. The van der Waals surface area contributed by atoms with E-state index in [1.165, 1.54) is 0 Å². The molecule has 0 unspecified atom stereocenters. The van der Waals surface area contributed by atoms with E-state index in [-0.39, 0.29) is 4.99 Å². The van der Waals surface area contributed by atoms with E-state index in [0.29, 0.717) is 11.5 Å². The second-order valence-corrected chi connectivity index (χ2v) is 4.38. The van der Waals surface area contributed by atoms with E-state index >= 15 is 0 Å². The molecule has 0 saturated heterocycles. The maximum Gasteiger partial charge on any atom is 0.161 e. The Balaban J connectivity index is 2.50. The second-order valence-electron chi connectivity index (χ2n) is 3.94. The van der Waals surface area contributed by atoms with E-state index in [4.69, 9.17) is 18.0 Å². The SMILES string of the molecule is Cc1ccccc1N(C)c1nccnc1C(N)=S. The molecule has 0 amide bonds. The molecule has 0 aliphatic heterocycles. The number of nitrogens with two attached hydrogens (primary N) is 1. The Bertz CT molecular complexity index is 583. The molecule has 1 heterocycles. The summed E-state index contributed by atoms with van der Waals surface area (Å²) < 4.78 is 0. The summed E-state index contributed by atoms with van der Waals surface area (Å²) in [7, 11) is 1.92. The summed E-state index contributed by atoms with van der Waals surface area (Å²) in [5.41, 5.74) is 8.41. The van der Waals surface area contributed by atoms with Gasteiger partial charge in [0.05, 0.1) is 0 Å². The van der Waals surface area contributed by atoms with Crippen molar-refractivity contribution in [1.29, 1.82) is 0 Å². The van der Waals surface area contributed by atoms with Crippen molar-refractivity contribution in [2.45, 2.75) is 6.92 Å². The molecule has 2 N–H and O–H groups in total. The van der Waals surface area contributed by atoms with Crippen LogP contribution in [0.4, 0.5) is 11.5 Å². The van der Waals surface area contributed by atoms with Crippen molar-refractivity contribution in [3.8, 4) is 0 Å². The maximum atomic E-state index is 5.67. The number of rotatable bonds is 3. The van der Waals surface area contributed by atoms with E-state index < -0.39 is 0 Å². The van der Waals surface area contributed by atoms with Crippen LogP contribution in [-0.4, -0.2) is 22.0 Å². The maximum absolute atomic E-state index is 5.67. The highest BCUT2D eigenvalue weighted by Crippen LogP contribution is 2.26. The minimum Gasteiger partial charge on any atom is -0.388 e. The zero-order chi connectivity index (χ0) is 13.1. The van der Waals surface area contributed by atoms with Crippen molar-refractivity contribution in [3.05, 3.63) is 47.9 Å². The predicted molar refractivity (Wildman–Crippen MR) is 77.2 cm³/mol. The molecule has 5 heteroatoms.